The minimum atomic E-state index is -1.20. The monoisotopic (exact) mass is 755 g/mol. The van der Waals surface area contributed by atoms with E-state index in [1.165, 1.54) is 18.7 Å². The Bertz CT molecular complexity index is 1060. The SMILES string of the molecule is CSCC[C@H](NC(=O)CN1CCN2CC(=O)O[C-]2CN2CC(=O)O[C-]2CN2CC(=O)O[C-]2C1)C(=O)N[C@@H](C)C(=O)O.[Gd]. The number of carboxylic acids is 1. The fourth-order valence-electron chi connectivity index (χ4n) is 4.62. The summed E-state index contributed by atoms with van der Waals surface area (Å²) in [5.41, 5.74) is 0. The van der Waals surface area contributed by atoms with Crippen LogP contribution in [0.25, 0.3) is 0 Å². The molecule has 0 saturated carbocycles. The fourth-order valence-corrected chi connectivity index (χ4v) is 5.09. The van der Waals surface area contributed by atoms with Gasteiger partial charge in [0.15, 0.2) is 0 Å². The van der Waals surface area contributed by atoms with E-state index in [2.05, 4.69) is 10.6 Å². The van der Waals surface area contributed by atoms with E-state index in [4.69, 9.17) is 19.3 Å². The molecule has 4 fully saturated rings. The van der Waals surface area contributed by atoms with Gasteiger partial charge in [-0.05, 0) is 31.9 Å². The number of carboxylic acid groups (broad SMARTS) is 1. The van der Waals surface area contributed by atoms with Crippen LogP contribution in [-0.2, 0) is 43.0 Å². The summed E-state index contributed by atoms with van der Waals surface area (Å²) in [5.74, 6) is -3.18. The first-order valence-electron chi connectivity index (χ1n) is 13.0. The standard InChI is InChI=1S/C24H33N6O10S.Gd/c1-14(24(36)37)25-23(35)15(3-6-41-2)26-16(31)7-27-4-5-28-11-20(32)39-18(28)9-30-13-22(34)40-19(30)10-29-12-21(33)38-17(29)8-27;/h14-15H,3-13H2,1-2H3,(H,25,35)(H,26,31)(H,36,37);/q-3;/t14-,15-;/m0./s1. The zero-order valence-corrected chi connectivity index (χ0v) is 26.2. The van der Waals surface area contributed by atoms with Gasteiger partial charge in [-0.15, -0.1) is 13.1 Å². The molecule has 0 aliphatic carbocycles. The molecule has 2 atom stereocenters. The summed E-state index contributed by atoms with van der Waals surface area (Å²) in [5, 5.41) is 14.2. The van der Waals surface area contributed by atoms with Crippen molar-refractivity contribution in [2.75, 3.05) is 70.9 Å². The van der Waals surface area contributed by atoms with Gasteiger partial charge < -0.3 is 49.6 Å². The third-order valence-electron chi connectivity index (χ3n) is 6.77. The Morgan fingerprint density at radius 3 is 1.95 bits per heavy atom. The van der Waals surface area contributed by atoms with E-state index in [0.29, 0.717) is 12.0 Å². The molecule has 0 aromatic rings. The summed E-state index contributed by atoms with van der Waals surface area (Å²) in [7, 11) is 0. The smallest absolute Gasteiger partial charge is 0.325 e. The van der Waals surface area contributed by atoms with Crippen LogP contribution < -0.4 is 10.6 Å². The number of amides is 2. The second kappa shape index (κ2) is 15.9. The molecule has 0 aromatic heterocycles. The van der Waals surface area contributed by atoms with Crippen LogP contribution >= 0.6 is 11.8 Å². The van der Waals surface area contributed by atoms with Gasteiger partial charge in [0, 0.05) is 46.5 Å². The first-order chi connectivity index (χ1) is 19.5. The molecule has 4 saturated heterocycles. The van der Waals surface area contributed by atoms with Gasteiger partial charge >= 0.3 is 5.97 Å². The van der Waals surface area contributed by atoms with Crippen molar-refractivity contribution in [3.05, 3.63) is 18.7 Å². The molecular formula is C24H33GdN6O10S-3. The molecule has 4 heterocycles. The minimum absolute atomic E-state index is 0. The van der Waals surface area contributed by atoms with Crippen LogP contribution in [-0.4, -0.2) is 143 Å². The number of esters is 3. The summed E-state index contributed by atoms with van der Waals surface area (Å²) >= 11 is 1.48. The van der Waals surface area contributed by atoms with Crippen molar-refractivity contribution in [2.45, 2.75) is 25.4 Å². The number of hydrogen-bond acceptors (Lipinski definition) is 14. The third-order valence-corrected chi connectivity index (χ3v) is 7.41. The zero-order chi connectivity index (χ0) is 29.7. The average Bonchev–Trinajstić information content (AvgIpc) is 3.54. The fraction of sp³-hybridized carbons (Fsp3) is 0.625. The maximum absolute atomic E-state index is 13.2. The predicted molar refractivity (Wildman–Crippen MR) is 139 cm³/mol. The van der Waals surface area contributed by atoms with Crippen molar-refractivity contribution >= 4 is 47.5 Å². The summed E-state index contributed by atoms with van der Waals surface area (Å²) in [6, 6.07) is -2.09. The maximum Gasteiger partial charge on any atom is 0.325 e. The van der Waals surface area contributed by atoms with Crippen LogP contribution in [0.3, 0.4) is 0 Å². The van der Waals surface area contributed by atoms with E-state index in [1.807, 2.05) is 6.26 Å². The van der Waals surface area contributed by atoms with Crippen LogP contribution in [0.1, 0.15) is 13.3 Å². The Balaban J connectivity index is 0.00000484. The Labute approximate surface area is 279 Å². The molecule has 0 unspecified atom stereocenters. The van der Waals surface area contributed by atoms with E-state index >= 15 is 0 Å². The predicted octanol–water partition coefficient (Wildman–Crippen LogP) is -2.83. The van der Waals surface area contributed by atoms with Gasteiger partial charge in [0.25, 0.3) is 17.9 Å². The minimum Gasteiger partial charge on any atom is -0.617 e. The number of hydrogen-bond donors (Lipinski definition) is 3. The summed E-state index contributed by atoms with van der Waals surface area (Å²) in [6.07, 6.45) is 3.03. The Morgan fingerprint density at radius 2 is 1.40 bits per heavy atom. The topological polar surface area (TPSA) is 187 Å². The Morgan fingerprint density at radius 1 is 0.881 bits per heavy atom. The number of ether oxygens (including phenoxy) is 3. The van der Waals surface area contributed by atoms with E-state index in [1.54, 1.807) is 19.6 Å². The van der Waals surface area contributed by atoms with Gasteiger partial charge in [0.1, 0.15) is 12.1 Å². The van der Waals surface area contributed by atoms with Gasteiger partial charge in [0.05, 0.1) is 26.2 Å². The molecule has 0 radical (unpaired) electrons. The van der Waals surface area contributed by atoms with Crippen LogP contribution in [0.5, 0.6) is 0 Å². The largest absolute Gasteiger partial charge is 0.617 e. The van der Waals surface area contributed by atoms with Crippen molar-refractivity contribution in [3.8, 4) is 0 Å². The van der Waals surface area contributed by atoms with Gasteiger partial charge in [-0.25, -0.2) is 0 Å². The Hall–Kier alpha value is -1.67. The first kappa shape index (κ1) is 34.8. The molecule has 3 N–H and O–H groups in total. The second-order valence-corrected chi connectivity index (χ2v) is 10.9. The molecule has 236 valence electrons. The molecule has 18 heteroatoms. The van der Waals surface area contributed by atoms with Crippen LogP contribution in [0.15, 0.2) is 0 Å². The van der Waals surface area contributed by atoms with Crippen molar-refractivity contribution < 1.29 is 88.0 Å². The molecule has 4 aliphatic heterocycles. The molecule has 4 aliphatic rings. The molecule has 42 heavy (non-hydrogen) atoms. The number of carbonyl (C=O) groups is 6. The van der Waals surface area contributed by atoms with Crippen LogP contribution in [0.2, 0.25) is 0 Å². The molecular weight excluding hydrogens is 722 g/mol. The summed E-state index contributed by atoms with van der Waals surface area (Å²) < 4.78 is 16.2. The van der Waals surface area contributed by atoms with Gasteiger partial charge in [-0.2, -0.15) is 11.8 Å². The number of carbonyl (C=O) groups excluding carboxylic acids is 5. The van der Waals surface area contributed by atoms with Crippen molar-refractivity contribution in [3.63, 3.8) is 0 Å². The number of nitrogens with one attached hydrogen (secondary N) is 2. The maximum atomic E-state index is 13.2. The number of rotatable bonds is 9. The Kier molecular flexibility index (Phi) is 13.2. The molecule has 2 amide bonds. The van der Waals surface area contributed by atoms with Gasteiger partial charge in [-0.3, -0.25) is 28.8 Å². The van der Waals surface area contributed by atoms with Crippen molar-refractivity contribution in [2.24, 2.45) is 0 Å². The van der Waals surface area contributed by atoms with Gasteiger partial charge in [0.2, 0.25) is 11.8 Å². The number of nitrogens with zero attached hydrogens (tertiary/aromatic N) is 4. The number of aliphatic carboxylic acids is 1. The van der Waals surface area contributed by atoms with Crippen LogP contribution in [0.4, 0.5) is 0 Å². The quantitative estimate of drug-likeness (QED) is 0.124. The van der Waals surface area contributed by atoms with E-state index in [0.717, 1.165) is 0 Å². The van der Waals surface area contributed by atoms with E-state index in [9.17, 15) is 28.8 Å². The summed E-state index contributed by atoms with van der Waals surface area (Å²) in [4.78, 5) is 80.1. The molecule has 16 nitrogen and oxygen atoms in total. The zero-order valence-electron chi connectivity index (χ0n) is 23.1. The number of thioether (sulfide) groups is 1. The molecule has 0 bridgehead atoms. The van der Waals surface area contributed by atoms with Crippen molar-refractivity contribution in [1.29, 1.82) is 0 Å². The third kappa shape index (κ3) is 9.42. The molecule has 0 aromatic carbocycles. The van der Waals surface area contributed by atoms with Gasteiger partial charge in [-0.1, -0.05) is 25.2 Å². The average molecular weight is 755 g/mol. The number of fused-ring (bicyclic) bond motifs is 3. The van der Waals surface area contributed by atoms with E-state index in [-0.39, 0.29) is 118 Å². The second-order valence-electron chi connectivity index (χ2n) is 9.92. The first-order valence-corrected chi connectivity index (χ1v) is 14.4. The van der Waals surface area contributed by atoms with E-state index < -0.39 is 47.8 Å². The van der Waals surface area contributed by atoms with Crippen LogP contribution in [0, 0.1) is 58.6 Å². The molecule has 4 rings (SSSR count). The molecule has 0 spiro atoms. The van der Waals surface area contributed by atoms with Crippen molar-refractivity contribution in [1.82, 2.24) is 30.2 Å². The summed E-state index contributed by atoms with van der Waals surface area (Å²) in [6.45, 7) is 1.73. The normalized spacial score (nSPS) is 23.1.